The van der Waals surface area contributed by atoms with Gasteiger partial charge in [-0.25, -0.2) is 0 Å². The summed E-state index contributed by atoms with van der Waals surface area (Å²) in [5, 5.41) is 13.4. The van der Waals surface area contributed by atoms with Gasteiger partial charge in [0.1, 0.15) is 5.75 Å². The van der Waals surface area contributed by atoms with E-state index in [9.17, 15) is 5.11 Å². The third kappa shape index (κ3) is 3.10. The first-order valence-corrected chi connectivity index (χ1v) is 11.0. The lowest BCUT2D eigenvalue weighted by Crippen LogP contribution is -2.43. The number of benzene rings is 2. The summed E-state index contributed by atoms with van der Waals surface area (Å²) in [7, 11) is 2.10. The van der Waals surface area contributed by atoms with E-state index in [-0.39, 0.29) is 5.41 Å². The molecular weight excluding hydrogens is 370 g/mol. The number of likely N-dealkylation sites (tertiary alicyclic amines) is 1. The molecule has 0 atom stereocenters. The van der Waals surface area contributed by atoms with Gasteiger partial charge < -0.3 is 20.2 Å². The Kier molecular flexibility index (Phi) is 4.62. The molecule has 2 N–H and O–H groups in total. The van der Waals surface area contributed by atoms with Crippen molar-refractivity contribution in [2.24, 2.45) is 0 Å². The number of hydrogen-bond acceptors (Lipinski definition) is 4. The highest BCUT2D eigenvalue weighted by molar-refractivity contribution is 5.69. The van der Waals surface area contributed by atoms with Crippen LogP contribution in [0, 0.1) is 0 Å². The van der Waals surface area contributed by atoms with Gasteiger partial charge in [0, 0.05) is 41.7 Å². The lowest BCUT2D eigenvalue weighted by Gasteiger charge is -2.40. The molecule has 1 spiro atoms. The first kappa shape index (κ1) is 19.3. The average molecular weight is 402 g/mol. The van der Waals surface area contributed by atoms with Gasteiger partial charge in [-0.3, -0.25) is 0 Å². The van der Waals surface area contributed by atoms with Crippen LogP contribution in [0.3, 0.4) is 0 Å². The number of aryl methyl sites for hydroxylation is 1. The molecule has 4 heteroatoms. The number of piperidine rings is 1. The summed E-state index contributed by atoms with van der Waals surface area (Å²) in [6.45, 7) is 11.8. The molecule has 2 aromatic rings. The minimum atomic E-state index is -0.0288. The standard InChI is InChI=1S/C26H31N3O/c1-18-15-21-16-20(6-9-25(21)28(18)3)5-4-12-29-13-10-26(11-14-29)19(2)27-24-8-7-22(30)17-23(24)26/h6-9,16-17,27,30H,1-2,4-5,10-15H2,3H3. The zero-order chi connectivity index (χ0) is 20.9. The minimum absolute atomic E-state index is 0.0288. The summed E-state index contributed by atoms with van der Waals surface area (Å²) in [5.41, 5.74) is 8.72. The number of anilines is 2. The Hall–Kier alpha value is -2.72. The van der Waals surface area contributed by atoms with E-state index >= 15 is 0 Å². The Balaban J connectivity index is 1.17. The topological polar surface area (TPSA) is 38.7 Å². The molecular formula is C26H31N3O. The molecule has 3 heterocycles. The maximum atomic E-state index is 9.99. The van der Waals surface area contributed by atoms with E-state index in [4.69, 9.17) is 0 Å². The fraction of sp³-hybridized carbons (Fsp3) is 0.385. The Morgan fingerprint density at radius 3 is 2.70 bits per heavy atom. The number of aromatic hydroxyl groups is 1. The van der Waals surface area contributed by atoms with Crippen molar-refractivity contribution < 1.29 is 5.11 Å². The Bertz CT molecular complexity index is 1020. The largest absolute Gasteiger partial charge is 0.508 e. The lowest BCUT2D eigenvalue weighted by molar-refractivity contribution is 0.179. The predicted molar refractivity (Wildman–Crippen MR) is 124 cm³/mol. The van der Waals surface area contributed by atoms with Crippen molar-refractivity contribution in [1.29, 1.82) is 0 Å². The van der Waals surface area contributed by atoms with E-state index in [2.05, 4.69) is 53.5 Å². The third-order valence-corrected chi connectivity index (χ3v) is 7.41. The third-order valence-electron chi connectivity index (χ3n) is 7.41. The molecule has 3 aliphatic heterocycles. The second kappa shape index (κ2) is 7.21. The van der Waals surface area contributed by atoms with Crippen molar-refractivity contribution in [3.05, 3.63) is 77.6 Å². The Morgan fingerprint density at radius 2 is 1.90 bits per heavy atom. The van der Waals surface area contributed by atoms with E-state index in [1.165, 1.54) is 34.5 Å². The van der Waals surface area contributed by atoms with E-state index in [0.717, 1.165) is 56.7 Å². The number of phenolic OH excluding ortho intramolecular Hbond substituents is 1. The van der Waals surface area contributed by atoms with Crippen molar-refractivity contribution >= 4 is 11.4 Å². The summed E-state index contributed by atoms with van der Waals surface area (Å²) < 4.78 is 0. The number of rotatable bonds is 4. The van der Waals surface area contributed by atoms with Gasteiger partial charge in [0.05, 0.1) is 0 Å². The number of phenols is 1. The van der Waals surface area contributed by atoms with Crippen molar-refractivity contribution in [3.63, 3.8) is 0 Å². The minimum Gasteiger partial charge on any atom is -0.508 e. The molecule has 30 heavy (non-hydrogen) atoms. The van der Waals surface area contributed by atoms with Gasteiger partial charge in [-0.05, 0) is 86.3 Å². The second-order valence-electron chi connectivity index (χ2n) is 9.13. The first-order chi connectivity index (χ1) is 14.5. The number of allylic oxidation sites excluding steroid dienone is 2. The van der Waals surface area contributed by atoms with Crippen LogP contribution in [-0.4, -0.2) is 36.7 Å². The lowest BCUT2D eigenvalue weighted by atomic mass is 9.72. The zero-order valence-electron chi connectivity index (χ0n) is 17.9. The highest BCUT2D eigenvalue weighted by Crippen LogP contribution is 2.50. The summed E-state index contributed by atoms with van der Waals surface area (Å²) in [5.74, 6) is 0.344. The molecule has 3 aliphatic rings. The van der Waals surface area contributed by atoms with Gasteiger partial charge in [-0.15, -0.1) is 0 Å². The molecule has 1 saturated heterocycles. The van der Waals surface area contributed by atoms with E-state index in [1.807, 2.05) is 12.1 Å². The molecule has 0 aliphatic carbocycles. The first-order valence-electron chi connectivity index (χ1n) is 11.0. The van der Waals surface area contributed by atoms with Gasteiger partial charge >= 0.3 is 0 Å². The van der Waals surface area contributed by atoms with Crippen LogP contribution in [0.5, 0.6) is 5.75 Å². The molecule has 0 bridgehead atoms. The maximum Gasteiger partial charge on any atom is 0.116 e. The van der Waals surface area contributed by atoms with Gasteiger partial charge in [-0.1, -0.05) is 25.3 Å². The summed E-state index contributed by atoms with van der Waals surface area (Å²) in [6, 6.07) is 12.5. The van der Waals surface area contributed by atoms with Gasteiger partial charge in [0.15, 0.2) is 0 Å². The summed E-state index contributed by atoms with van der Waals surface area (Å²) in [6.07, 6.45) is 5.39. The van der Waals surface area contributed by atoms with Crippen LogP contribution < -0.4 is 10.2 Å². The Labute approximate surface area is 179 Å². The maximum absolute atomic E-state index is 9.99. The van der Waals surface area contributed by atoms with Crippen LogP contribution in [0.25, 0.3) is 0 Å². The molecule has 156 valence electrons. The monoisotopic (exact) mass is 401 g/mol. The molecule has 5 rings (SSSR count). The van der Waals surface area contributed by atoms with Crippen molar-refractivity contribution in [2.75, 3.05) is 36.9 Å². The highest BCUT2D eigenvalue weighted by atomic mass is 16.3. The van der Waals surface area contributed by atoms with Gasteiger partial charge in [0.2, 0.25) is 0 Å². The smallest absolute Gasteiger partial charge is 0.116 e. The van der Waals surface area contributed by atoms with E-state index in [0.29, 0.717) is 5.75 Å². The molecule has 0 radical (unpaired) electrons. The molecule has 0 aromatic heterocycles. The fourth-order valence-electron chi connectivity index (χ4n) is 5.49. The molecule has 4 nitrogen and oxygen atoms in total. The normalized spacial score (nSPS) is 19.8. The van der Waals surface area contributed by atoms with Crippen molar-refractivity contribution in [3.8, 4) is 5.75 Å². The van der Waals surface area contributed by atoms with Crippen LogP contribution in [0.2, 0.25) is 0 Å². The van der Waals surface area contributed by atoms with Crippen molar-refractivity contribution in [2.45, 2.75) is 37.5 Å². The summed E-state index contributed by atoms with van der Waals surface area (Å²) >= 11 is 0. The van der Waals surface area contributed by atoms with Crippen LogP contribution in [0.15, 0.2) is 61.0 Å². The zero-order valence-corrected chi connectivity index (χ0v) is 17.9. The number of likely N-dealkylation sites (N-methyl/N-ethyl adjacent to an activating group) is 1. The van der Waals surface area contributed by atoms with Crippen molar-refractivity contribution in [1.82, 2.24) is 4.90 Å². The molecule has 2 aromatic carbocycles. The predicted octanol–water partition coefficient (Wildman–Crippen LogP) is 4.80. The fourth-order valence-corrected chi connectivity index (χ4v) is 5.49. The number of fused-ring (bicyclic) bond motifs is 3. The van der Waals surface area contributed by atoms with E-state index < -0.39 is 0 Å². The molecule has 0 amide bonds. The molecule has 0 unspecified atom stereocenters. The quantitative estimate of drug-likeness (QED) is 0.722. The molecule has 0 saturated carbocycles. The number of nitrogens with zero attached hydrogens (tertiary/aromatic N) is 2. The second-order valence-corrected chi connectivity index (χ2v) is 9.13. The van der Waals surface area contributed by atoms with Crippen LogP contribution in [-0.2, 0) is 18.3 Å². The number of nitrogens with one attached hydrogen (secondary N) is 1. The SMILES string of the molecule is C=C1Cc2cc(CCCN3CCC4(CC3)C(=C)Nc3ccc(O)cc34)ccc2N1C. The highest BCUT2D eigenvalue weighted by Gasteiger charge is 2.44. The van der Waals surface area contributed by atoms with Gasteiger partial charge in [0.25, 0.3) is 0 Å². The van der Waals surface area contributed by atoms with Crippen LogP contribution in [0.4, 0.5) is 11.4 Å². The average Bonchev–Trinajstić information content (AvgIpc) is 3.17. The summed E-state index contributed by atoms with van der Waals surface area (Å²) in [4.78, 5) is 4.79. The van der Waals surface area contributed by atoms with Crippen LogP contribution in [0.1, 0.15) is 36.0 Å². The molecule has 1 fully saturated rings. The number of hydrogen-bond donors (Lipinski definition) is 2. The van der Waals surface area contributed by atoms with Gasteiger partial charge in [-0.2, -0.15) is 0 Å². The van der Waals surface area contributed by atoms with E-state index in [1.54, 1.807) is 6.07 Å². The van der Waals surface area contributed by atoms with Crippen LogP contribution >= 0.6 is 0 Å². The Morgan fingerprint density at radius 1 is 1.10 bits per heavy atom.